The molecule has 0 unspecified atom stereocenters. The molecule has 2 aromatic heterocycles. The van der Waals surface area contributed by atoms with Crippen molar-refractivity contribution in [3.05, 3.63) is 77.9 Å². The van der Waals surface area contributed by atoms with Crippen molar-refractivity contribution in [3.8, 4) is 0 Å². The minimum atomic E-state index is -0.0870. The SMILES string of the molecule is O=C(Cc1csc(Nc2ccccn2)n1)Nc1cccc2ccccc12. The van der Waals surface area contributed by atoms with Gasteiger partial charge in [-0.1, -0.05) is 42.5 Å². The normalized spacial score (nSPS) is 10.6. The summed E-state index contributed by atoms with van der Waals surface area (Å²) in [6, 6.07) is 19.5. The van der Waals surface area contributed by atoms with Gasteiger partial charge in [-0.05, 0) is 23.6 Å². The van der Waals surface area contributed by atoms with Crippen LogP contribution >= 0.6 is 11.3 Å². The molecule has 0 bridgehead atoms. The molecule has 4 rings (SSSR count). The van der Waals surface area contributed by atoms with Crippen molar-refractivity contribution in [2.24, 2.45) is 0 Å². The number of nitrogens with one attached hydrogen (secondary N) is 2. The summed E-state index contributed by atoms with van der Waals surface area (Å²) in [5.74, 6) is 0.643. The number of benzene rings is 2. The summed E-state index contributed by atoms with van der Waals surface area (Å²) in [6.45, 7) is 0. The highest BCUT2D eigenvalue weighted by atomic mass is 32.1. The van der Waals surface area contributed by atoms with E-state index in [0.29, 0.717) is 0 Å². The van der Waals surface area contributed by atoms with Crippen LogP contribution in [0.1, 0.15) is 5.69 Å². The van der Waals surface area contributed by atoms with Crippen LogP contribution in [0.2, 0.25) is 0 Å². The van der Waals surface area contributed by atoms with Gasteiger partial charge in [-0.2, -0.15) is 0 Å². The van der Waals surface area contributed by atoms with Crippen LogP contribution in [-0.2, 0) is 11.2 Å². The van der Waals surface area contributed by atoms with Crippen molar-refractivity contribution in [3.63, 3.8) is 0 Å². The first kappa shape index (κ1) is 16.2. The molecule has 0 fully saturated rings. The lowest BCUT2D eigenvalue weighted by molar-refractivity contribution is -0.115. The number of hydrogen-bond donors (Lipinski definition) is 2. The molecule has 26 heavy (non-hydrogen) atoms. The second kappa shape index (κ2) is 7.33. The van der Waals surface area contributed by atoms with E-state index in [4.69, 9.17) is 0 Å². The van der Waals surface area contributed by atoms with Crippen molar-refractivity contribution < 1.29 is 4.79 Å². The average Bonchev–Trinajstić information content (AvgIpc) is 3.09. The number of carbonyl (C=O) groups excluding carboxylic acids is 1. The second-order valence-corrected chi connectivity index (χ2v) is 6.59. The van der Waals surface area contributed by atoms with Crippen LogP contribution in [0, 0.1) is 0 Å². The number of hydrogen-bond acceptors (Lipinski definition) is 5. The molecule has 0 radical (unpaired) electrons. The second-order valence-electron chi connectivity index (χ2n) is 5.74. The van der Waals surface area contributed by atoms with E-state index in [1.807, 2.05) is 66.0 Å². The van der Waals surface area contributed by atoms with Gasteiger partial charge >= 0.3 is 0 Å². The highest BCUT2D eigenvalue weighted by molar-refractivity contribution is 7.13. The molecule has 0 atom stereocenters. The maximum Gasteiger partial charge on any atom is 0.230 e. The number of rotatable bonds is 5. The van der Waals surface area contributed by atoms with Crippen molar-refractivity contribution >= 4 is 44.7 Å². The molecule has 1 amide bonds. The van der Waals surface area contributed by atoms with Crippen LogP contribution in [0.25, 0.3) is 10.8 Å². The van der Waals surface area contributed by atoms with E-state index < -0.39 is 0 Å². The van der Waals surface area contributed by atoms with E-state index in [-0.39, 0.29) is 12.3 Å². The summed E-state index contributed by atoms with van der Waals surface area (Å²) in [5, 5.41) is 10.8. The first-order valence-electron chi connectivity index (χ1n) is 8.18. The molecule has 0 saturated carbocycles. The van der Waals surface area contributed by atoms with Crippen LogP contribution < -0.4 is 10.6 Å². The summed E-state index contributed by atoms with van der Waals surface area (Å²) in [7, 11) is 0. The standard InChI is InChI=1S/C20H16N4OS/c25-19(23-17-9-5-7-14-6-1-2-8-16(14)17)12-15-13-26-20(22-15)24-18-10-3-4-11-21-18/h1-11,13H,12H2,(H,23,25)(H,21,22,24). The molecule has 0 aliphatic heterocycles. The number of fused-ring (bicyclic) bond motifs is 1. The number of amides is 1. The number of thiazole rings is 1. The van der Waals surface area contributed by atoms with E-state index in [9.17, 15) is 4.79 Å². The monoisotopic (exact) mass is 360 g/mol. The number of pyridine rings is 1. The van der Waals surface area contributed by atoms with Crippen molar-refractivity contribution in [2.75, 3.05) is 10.6 Å². The van der Waals surface area contributed by atoms with E-state index in [1.165, 1.54) is 11.3 Å². The van der Waals surface area contributed by atoms with Crippen LogP contribution in [0.5, 0.6) is 0 Å². The fraction of sp³-hybridized carbons (Fsp3) is 0.0500. The van der Waals surface area contributed by atoms with Crippen LogP contribution in [0.15, 0.2) is 72.2 Å². The maximum atomic E-state index is 12.4. The molecule has 2 N–H and O–H groups in total. The van der Waals surface area contributed by atoms with Gasteiger partial charge in [0.05, 0.1) is 12.1 Å². The lowest BCUT2D eigenvalue weighted by atomic mass is 10.1. The summed E-state index contributed by atoms with van der Waals surface area (Å²) < 4.78 is 0. The fourth-order valence-corrected chi connectivity index (χ4v) is 3.40. The molecule has 0 aliphatic rings. The molecule has 128 valence electrons. The van der Waals surface area contributed by atoms with Crippen LogP contribution in [0.3, 0.4) is 0 Å². The number of anilines is 3. The minimum Gasteiger partial charge on any atom is -0.325 e. The zero-order valence-corrected chi connectivity index (χ0v) is 14.7. The fourth-order valence-electron chi connectivity index (χ4n) is 2.69. The number of carbonyl (C=O) groups is 1. The molecule has 5 nitrogen and oxygen atoms in total. The Hall–Kier alpha value is -3.25. The van der Waals surface area contributed by atoms with Crippen molar-refractivity contribution in [1.82, 2.24) is 9.97 Å². The zero-order valence-electron chi connectivity index (χ0n) is 13.8. The summed E-state index contributed by atoms with van der Waals surface area (Å²) in [6.07, 6.45) is 1.94. The Morgan fingerprint density at radius 1 is 1.00 bits per heavy atom. The van der Waals surface area contributed by atoms with Gasteiger partial charge in [-0.3, -0.25) is 4.79 Å². The Balaban J connectivity index is 1.44. The molecular formula is C20H16N4OS. The molecule has 2 aromatic carbocycles. The Morgan fingerprint density at radius 2 is 1.85 bits per heavy atom. The first-order chi connectivity index (χ1) is 12.8. The van der Waals surface area contributed by atoms with Crippen molar-refractivity contribution in [1.29, 1.82) is 0 Å². The molecule has 0 spiro atoms. The Bertz CT molecular complexity index is 1040. The van der Waals surface area contributed by atoms with Gasteiger partial charge in [0.25, 0.3) is 0 Å². The third kappa shape index (κ3) is 3.70. The largest absolute Gasteiger partial charge is 0.325 e. The Labute approximate surface area is 154 Å². The smallest absolute Gasteiger partial charge is 0.230 e. The van der Waals surface area contributed by atoms with Gasteiger partial charge < -0.3 is 10.6 Å². The van der Waals surface area contributed by atoms with E-state index >= 15 is 0 Å². The van der Waals surface area contributed by atoms with Crippen LogP contribution in [0.4, 0.5) is 16.6 Å². The number of aromatic nitrogens is 2. The highest BCUT2D eigenvalue weighted by Gasteiger charge is 2.10. The third-order valence-electron chi connectivity index (χ3n) is 3.86. The van der Waals surface area contributed by atoms with Gasteiger partial charge in [0, 0.05) is 22.7 Å². The lowest BCUT2D eigenvalue weighted by Crippen LogP contribution is -2.14. The van der Waals surface area contributed by atoms with Gasteiger partial charge in [-0.15, -0.1) is 11.3 Å². The predicted octanol–water partition coefficient (Wildman–Crippen LogP) is 4.62. The van der Waals surface area contributed by atoms with Gasteiger partial charge in [0.1, 0.15) is 5.82 Å². The summed E-state index contributed by atoms with van der Waals surface area (Å²) >= 11 is 1.45. The molecular weight excluding hydrogens is 344 g/mol. The van der Waals surface area contributed by atoms with Crippen LogP contribution in [-0.4, -0.2) is 15.9 Å². The molecule has 6 heteroatoms. The molecule has 2 heterocycles. The van der Waals surface area contributed by atoms with E-state index in [2.05, 4.69) is 20.6 Å². The maximum absolute atomic E-state index is 12.4. The highest BCUT2D eigenvalue weighted by Crippen LogP contribution is 2.24. The Kier molecular flexibility index (Phi) is 4.57. The molecule has 0 aliphatic carbocycles. The predicted molar refractivity (Wildman–Crippen MR) is 106 cm³/mol. The van der Waals surface area contributed by atoms with Gasteiger partial charge in [0.15, 0.2) is 5.13 Å². The van der Waals surface area contributed by atoms with Gasteiger partial charge in [-0.25, -0.2) is 9.97 Å². The molecule has 0 saturated heterocycles. The quantitative estimate of drug-likeness (QED) is 0.545. The minimum absolute atomic E-state index is 0.0870. The average molecular weight is 360 g/mol. The zero-order chi connectivity index (χ0) is 17.8. The first-order valence-corrected chi connectivity index (χ1v) is 9.06. The Morgan fingerprint density at radius 3 is 2.73 bits per heavy atom. The summed E-state index contributed by atoms with van der Waals surface area (Å²) in [4.78, 5) is 21.1. The number of nitrogens with zero attached hydrogens (tertiary/aromatic N) is 2. The van der Waals surface area contributed by atoms with E-state index in [1.54, 1.807) is 6.20 Å². The molecule has 4 aromatic rings. The topological polar surface area (TPSA) is 66.9 Å². The van der Waals surface area contributed by atoms with Gasteiger partial charge in [0.2, 0.25) is 5.91 Å². The lowest BCUT2D eigenvalue weighted by Gasteiger charge is -2.08. The summed E-state index contributed by atoms with van der Waals surface area (Å²) in [5.41, 5.74) is 1.54. The van der Waals surface area contributed by atoms with Crippen molar-refractivity contribution in [2.45, 2.75) is 6.42 Å². The van der Waals surface area contributed by atoms with E-state index in [0.717, 1.165) is 33.1 Å². The third-order valence-corrected chi connectivity index (χ3v) is 4.66.